The number of aromatic nitrogens is 3. The van der Waals surface area contributed by atoms with Crippen molar-refractivity contribution in [3.05, 3.63) is 60.2 Å². The minimum absolute atomic E-state index is 0.0531. The fraction of sp³-hybridized carbons (Fsp3) is 0.333. The first-order valence-corrected chi connectivity index (χ1v) is 12.6. The van der Waals surface area contributed by atoms with Crippen molar-refractivity contribution < 1.29 is 18.7 Å². The molecule has 1 aliphatic rings. The second-order valence-corrected chi connectivity index (χ2v) is 9.92. The molecule has 192 valence electrons. The molecular weight excluding hydrogens is 490 g/mol. The number of nitrogens with one attached hydrogen (secondary N) is 1. The molecule has 1 N–H and O–H groups in total. The van der Waals surface area contributed by atoms with Crippen LogP contribution in [0.2, 0.25) is 0 Å². The van der Waals surface area contributed by atoms with Gasteiger partial charge in [-0.25, -0.2) is 4.98 Å². The molecule has 0 atom stereocenters. The van der Waals surface area contributed by atoms with E-state index in [1.54, 1.807) is 38.4 Å². The number of benzene rings is 2. The Labute approximate surface area is 220 Å². The summed E-state index contributed by atoms with van der Waals surface area (Å²) in [5, 5.41) is 6.82. The van der Waals surface area contributed by atoms with Crippen molar-refractivity contribution in [3.8, 4) is 16.9 Å². The number of oxazole rings is 1. The molecule has 0 unspecified atom stereocenters. The fourth-order valence-corrected chi connectivity index (χ4v) is 5.10. The van der Waals surface area contributed by atoms with E-state index in [1.807, 2.05) is 33.6 Å². The fourth-order valence-electron chi connectivity index (χ4n) is 4.87. The van der Waals surface area contributed by atoms with E-state index in [0.29, 0.717) is 67.2 Å². The Morgan fingerprint density at radius 3 is 2.78 bits per heavy atom. The van der Waals surface area contributed by atoms with Gasteiger partial charge >= 0.3 is 0 Å². The standard InChI is InChI=1S/C27H29N5O4S/c1-18-30-23-13-19(3-6-24(23)36-18)26(34)31-10-7-27(17-33,8-11-31)9-12-32(37)21-4-5-22(25(14-21)35-2)20-15-28-29-16-20/h3-6,13-17,37H,7-12H2,1-2H3,(H,28,29). The predicted molar refractivity (Wildman–Crippen MR) is 144 cm³/mol. The quantitative estimate of drug-likeness (QED) is 0.257. The van der Waals surface area contributed by atoms with Crippen LogP contribution in [0.1, 0.15) is 35.5 Å². The number of rotatable bonds is 8. The smallest absolute Gasteiger partial charge is 0.253 e. The predicted octanol–water partition coefficient (Wildman–Crippen LogP) is 4.70. The van der Waals surface area contributed by atoms with Crippen LogP contribution in [0.4, 0.5) is 5.69 Å². The van der Waals surface area contributed by atoms with E-state index < -0.39 is 5.41 Å². The zero-order valence-electron chi connectivity index (χ0n) is 20.8. The number of anilines is 1. The van der Waals surface area contributed by atoms with Crippen LogP contribution in [0.25, 0.3) is 22.2 Å². The molecule has 0 aliphatic carbocycles. The van der Waals surface area contributed by atoms with Crippen LogP contribution >= 0.6 is 12.8 Å². The lowest BCUT2D eigenvalue weighted by atomic mass is 9.77. The topological polar surface area (TPSA) is 105 Å². The Kier molecular flexibility index (Phi) is 6.92. The molecule has 1 fully saturated rings. The highest BCUT2D eigenvalue weighted by molar-refractivity contribution is 7.81. The molecular formula is C27H29N5O4S. The summed E-state index contributed by atoms with van der Waals surface area (Å²) in [4.78, 5) is 31.5. The number of thiol groups is 1. The molecule has 0 bridgehead atoms. The third-order valence-electron chi connectivity index (χ3n) is 7.15. The van der Waals surface area contributed by atoms with Crippen LogP contribution in [0.15, 0.2) is 53.2 Å². The third kappa shape index (κ3) is 5.06. The average Bonchev–Trinajstić information content (AvgIpc) is 3.60. The van der Waals surface area contributed by atoms with Gasteiger partial charge in [0, 0.05) is 60.9 Å². The number of hydrogen-bond acceptors (Lipinski definition) is 8. The van der Waals surface area contributed by atoms with Crippen LogP contribution in [-0.2, 0) is 4.79 Å². The second kappa shape index (κ2) is 10.3. The van der Waals surface area contributed by atoms with E-state index in [-0.39, 0.29) is 5.91 Å². The molecule has 1 saturated heterocycles. The molecule has 0 saturated carbocycles. The molecule has 9 nitrogen and oxygen atoms in total. The number of H-pyrrole nitrogens is 1. The van der Waals surface area contributed by atoms with E-state index in [4.69, 9.17) is 9.15 Å². The first-order chi connectivity index (χ1) is 17.9. The summed E-state index contributed by atoms with van der Waals surface area (Å²) in [6, 6.07) is 11.2. The van der Waals surface area contributed by atoms with Crippen LogP contribution < -0.4 is 9.04 Å². The third-order valence-corrected chi connectivity index (χ3v) is 7.58. The number of methoxy groups -OCH3 is 1. The summed E-state index contributed by atoms with van der Waals surface area (Å²) in [6.45, 7) is 3.40. The number of ether oxygens (including phenoxy) is 1. The van der Waals surface area contributed by atoms with Crippen LogP contribution in [0, 0.1) is 12.3 Å². The van der Waals surface area contributed by atoms with Crippen LogP contribution in [0.5, 0.6) is 5.75 Å². The van der Waals surface area contributed by atoms with Gasteiger partial charge in [-0.3, -0.25) is 9.89 Å². The minimum Gasteiger partial charge on any atom is -0.496 e. The van der Waals surface area contributed by atoms with E-state index in [1.165, 1.54) is 0 Å². The molecule has 10 heteroatoms. The van der Waals surface area contributed by atoms with E-state index in [0.717, 1.165) is 23.1 Å². The van der Waals surface area contributed by atoms with Gasteiger partial charge in [-0.05, 0) is 49.6 Å². The Morgan fingerprint density at radius 2 is 2.08 bits per heavy atom. The summed E-state index contributed by atoms with van der Waals surface area (Å²) < 4.78 is 12.9. The van der Waals surface area contributed by atoms with Crippen molar-refractivity contribution in [2.24, 2.45) is 5.41 Å². The number of piperidine rings is 1. The molecule has 5 rings (SSSR count). The van der Waals surface area contributed by atoms with Crippen molar-refractivity contribution in [3.63, 3.8) is 0 Å². The van der Waals surface area contributed by atoms with Gasteiger partial charge < -0.3 is 23.2 Å². The van der Waals surface area contributed by atoms with Gasteiger partial charge in [-0.2, -0.15) is 5.10 Å². The van der Waals surface area contributed by atoms with E-state index in [2.05, 4.69) is 28.0 Å². The van der Waals surface area contributed by atoms with Gasteiger partial charge in [-0.15, -0.1) is 0 Å². The Balaban J connectivity index is 1.21. The summed E-state index contributed by atoms with van der Waals surface area (Å²) in [7, 11) is 1.63. The number of carbonyl (C=O) groups excluding carboxylic acids is 2. The molecule has 2 aromatic carbocycles. The normalized spacial score (nSPS) is 15.1. The second-order valence-electron chi connectivity index (χ2n) is 9.43. The number of fused-ring (bicyclic) bond motifs is 1. The highest BCUT2D eigenvalue weighted by Crippen LogP contribution is 2.37. The van der Waals surface area contributed by atoms with Crippen molar-refractivity contribution >= 4 is 41.8 Å². The van der Waals surface area contributed by atoms with Gasteiger partial charge in [-0.1, -0.05) is 12.8 Å². The number of amides is 1. The van der Waals surface area contributed by atoms with Gasteiger partial charge in [0.1, 0.15) is 17.6 Å². The lowest BCUT2D eigenvalue weighted by molar-refractivity contribution is -0.118. The highest BCUT2D eigenvalue weighted by atomic mass is 32.1. The first kappa shape index (κ1) is 24.9. The molecule has 0 spiro atoms. The molecule has 1 aliphatic heterocycles. The number of carbonyl (C=O) groups is 2. The average molecular weight is 520 g/mol. The van der Waals surface area contributed by atoms with Gasteiger partial charge in [0.15, 0.2) is 11.5 Å². The number of hydrogen-bond donors (Lipinski definition) is 2. The summed E-state index contributed by atoms with van der Waals surface area (Å²) in [5.41, 5.74) is 4.16. The van der Waals surface area contributed by atoms with Gasteiger partial charge in [0.25, 0.3) is 5.91 Å². The molecule has 4 aromatic rings. The number of aryl methyl sites for hydroxylation is 1. The van der Waals surface area contributed by atoms with Crippen molar-refractivity contribution in [1.29, 1.82) is 0 Å². The number of aldehydes is 1. The van der Waals surface area contributed by atoms with E-state index >= 15 is 0 Å². The van der Waals surface area contributed by atoms with Gasteiger partial charge in [0.2, 0.25) is 0 Å². The summed E-state index contributed by atoms with van der Waals surface area (Å²) >= 11 is 4.69. The van der Waals surface area contributed by atoms with Crippen molar-refractivity contribution in [2.75, 3.05) is 31.0 Å². The molecule has 37 heavy (non-hydrogen) atoms. The lowest BCUT2D eigenvalue weighted by Crippen LogP contribution is -2.44. The Hall–Kier alpha value is -3.79. The minimum atomic E-state index is -0.494. The zero-order valence-corrected chi connectivity index (χ0v) is 21.7. The summed E-state index contributed by atoms with van der Waals surface area (Å²) in [5.74, 6) is 1.23. The molecule has 3 heterocycles. The Morgan fingerprint density at radius 1 is 1.27 bits per heavy atom. The molecule has 0 radical (unpaired) electrons. The van der Waals surface area contributed by atoms with Crippen LogP contribution in [0.3, 0.4) is 0 Å². The zero-order chi connectivity index (χ0) is 26.0. The monoisotopic (exact) mass is 519 g/mol. The van der Waals surface area contributed by atoms with Crippen molar-refractivity contribution in [2.45, 2.75) is 26.2 Å². The van der Waals surface area contributed by atoms with E-state index in [9.17, 15) is 9.59 Å². The molecule has 1 amide bonds. The first-order valence-electron chi connectivity index (χ1n) is 12.2. The highest BCUT2D eigenvalue weighted by Gasteiger charge is 2.36. The summed E-state index contributed by atoms with van der Waals surface area (Å²) in [6.07, 6.45) is 6.47. The van der Waals surface area contributed by atoms with Crippen LogP contribution in [-0.4, -0.2) is 59.0 Å². The number of nitrogens with zero attached hydrogens (tertiary/aromatic N) is 4. The van der Waals surface area contributed by atoms with Gasteiger partial charge in [0.05, 0.1) is 19.0 Å². The Bertz CT molecular complexity index is 1410. The maximum atomic E-state index is 13.1. The number of likely N-dealkylation sites (tertiary alicyclic amines) is 1. The SMILES string of the molecule is COc1cc(N(S)CCC2(C=O)CCN(C(=O)c3ccc4oc(C)nc4c3)CC2)ccc1-c1cn[nH]c1. The van der Waals surface area contributed by atoms with Crippen molar-refractivity contribution in [1.82, 2.24) is 20.1 Å². The maximum Gasteiger partial charge on any atom is 0.253 e. The maximum absolute atomic E-state index is 13.1. The lowest BCUT2D eigenvalue weighted by Gasteiger charge is -2.39. The number of aromatic amines is 1. The largest absolute Gasteiger partial charge is 0.496 e. The molecule has 2 aromatic heterocycles.